The Morgan fingerprint density at radius 2 is 2.05 bits per heavy atom. The van der Waals surface area contributed by atoms with Crippen molar-refractivity contribution in [2.75, 3.05) is 33.3 Å². The number of hydrogen-bond acceptors (Lipinski definition) is 4. The second-order valence-corrected chi connectivity index (χ2v) is 6.51. The minimum Gasteiger partial charge on any atom is -0.496 e. The average molecular weight is 302 g/mol. The molecule has 4 nitrogen and oxygen atoms in total. The molecular formula is C18H26N2O2. The van der Waals surface area contributed by atoms with Crippen LogP contribution in [-0.2, 0) is 0 Å². The molecule has 0 unspecified atom stereocenters. The molecule has 2 fully saturated rings. The molecule has 0 amide bonds. The molecule has 0 aromatic heterocycles. The molecule has 1 aromatic carbocycles. The maximum Gasteiger partial charge on any atom is 0.166 e. The van der Waals surface area contributed by atoms with E-state index in [9.17, 15) is 4.79 Å². The number of nitrogens with one attached hydrogen (secondary N) is 1. The van der Waals surface area contributed by atoms with E-state index in [-0.39, 0.29) is 5.92 Å². The molecule has 0 saturated carbocycles. The predicted molar refractivity (Wildman–Crippen MR) is 87.6 cm³/mol. The van der Waals surface area contributed by atoms with Gasteiger partial charge in [-0.3, -0.25) is 9.69 Å². The van der Waals surface area contributed by atoms with Gasteiger partial charge in [0.1, 0.15) is 5.75 Å². The van der Waals surface area contributed by atoms with Gasteiger partial charge in [0.15, 0.2) is 5.78 Å². The van der Waals surface area contributed by atoms with Crippen LogP contribution in [-0.4, -0.2) is 50.0 Å². The number of benzene rings is 1. The first-order chi connectivity index (χ1) is 10.7. The fraction of sp³-hybridized carbons (Fsp3) is 0.611. The van der Waals surface area contributed by atoms with Crippen molar-refractivity contribution in [3.8, 4) is 5.75 Å². The third-order valence-corrected chi connectivity index (χ3v) is 5.13. The standard InChI is InChI=1S/C18H26N2O2/c1-13-11-15(3-4-17(13)22-2)18(21)14-6-9-20(10-7-14)16-5-8-19-12-16/h3-4,11,14,16,19H,5-10,12H2,1-2H3/t16-/m0/s1. The zero-order valence-electron chi connectivity index (χ0n) is 13.6. The third kappa shape index (κ3) is 3.18. The molecule has 1 atom stereocenters. The van der Waals surface area contributed by atoms with E-state index in [4.69, 9.17) is 4.74 Å². The van der Waals surface area contributed by atoms with Crippen LogP contribution < -0.4 is 10.1 Å². The molecule has 3 rings (SSSR count). The van der Waals surface area contributed by atoms with Crippen LogP contribution in [0.15, 0.2) is 18.2 Å². The number of hydrogen-bond donors (Lipinski definition) is 1. The number of likely N-dealkylation sites (tertiary alicyclic amines) is 1. The van der Waals surface area contributed by atoms with E-state index < -0.39 is 0 Å². The van der Waals surface area contributed by atoms with E-state index in [1.165, 1.54) is 6.42 Å². The molecular weight excluding hydrogens is 276 g/mol. The van der Waals surface area contributed by atoms with E-state index in [1.807, 2.05) is 25.1 Å². The summed E-state index contributed by atoms with van der Waals surface area (Å²) in [6.45, 7) is 6.34. The number of Topliss-reactive ketones (excluding diaryl/α,β-unsaturated/α-hetero) is 1. The fourth-order valence-corrected chi connectivity index (χ4v) is 3.75. The molecule has 0 spiro atoms. The van der Waals surface area contributed by atoms with Crippen LogP contribution in [0, 0.1) is 12.8 Å². The molecule has 2 heterocycles. The lowest BCUT2D eigenvalue weighted by Gasteiger charge is -2.35. The van der Waals surface area contributed by atoms with E-state index in [1.54, 1.807) is 7.11 Å². The molecule has 1 aromatic rings. The summed E-state index contributed by atoms with van der Waals surface area (Å²) < 4.78 is 5.27. The lowest BCUT2D eigenvalue weighted by atomic mass is 9.88. The van der Waals surface area contributed by atoms with Gasteiger partial charge in [0.05, 0.1) is 7.11 Å². The Bertz CT molecular complexity index is 530. The predicted octanol–water partition coefficient (Wildman–Crippen LogP) is 2.26. The second-order valence-electron chi connectivity index (χ2n) is 6.51. The van der Waals surface area contributed by atoms with Gasteiger partial charge >= 0.3 is 0 Å². The van der Waals surface area contributed by atoms with Crippen LogP contribution in [0.25, 0.3) is 0 Å². The molecule has 1 N–H and O–H groups in total. The molecule has 22 heavy (non-hydrogen) atoms. The normalized spacial score (nSPS) is 23.6. The van der Waals surface area contributed by atoms with E-state index >= 15 is 0 Å². The number of rotatable bonds is 4. The van der Waals surface area contributed by atoms with E-state index in [2.05, 4.69) is 10.2 Å². The monoisotopic (exact) mass is 302 g/mol. The number of nitrogens with zero attached hydrogens (tertiary/aromatic N) is 1. The summed E-state index contributed by atoms with van der Waals surface area (Å²) in [5.41, 5.74) is 1.86. The van der Waals surface area contributed by atoms with Crippen LogP contribution in [0.1, 0.15) is 35.2 Å². The zero-order chi connectivity index (χ0) is 15.5. The number of ether oxygens (including phenoxy) is 1. The first kappa shape index (κ1) is 15.5. The molecule has 2 aliphatic rings. The zero-order valence-corrected chi connectivity index (χ0v) is 13.6. The van der Waals surface area contributed by atoms with Gasteiger partial charge in [-0.25, -0.2) is 0 Å². The fourth-order valence-electron chi connectivity index (χ4n) is 3.75. The number of methoxy groups -OCH3 is 1. The average Bonchev–Trinajstić information content (AvgIpc) is 3.09. The Labute approximate surface area is 132 Å². The smallest absolute Gasteiger partial charge is 0.166 e. The highest BCUT2D eigenvalue weighted by Gasteiger charge is 2.30. The number of ketones is 1. The second kappa shape index (κ2) is 6.80. The number of carbonyl (C=O) groups excluding carboxylic acids is 1. The summed E-state index contributed by atoms with van der Waals surface area (Å²) in [5, 5.41) is 3.43. The first-order valence-electron chi connectivity index (χ1n) is 8.32. The van der Waals surface area contributed by atoms with Crippen LogP contribution in [0.4, 0.5) is 0 Å². The third-order valence-electron chi connectivity index (χ3n) is 5.13. The number of piperidine rings is 1. The Morgan fingerprint density at radius 1 is 1.27 bits per heavy atom. The van der Waals surface area contributed by atoms with Gasteiger partial charge in [-0.05, 0) is 69.6 Å². The summed E-state index contributed by atoms with van der Waals surface area (Å²) in [6, 6.07) is 6.46. The highest BCUT2D eigenvalue weighted by Crippen LogP contribution is 2.26. The Balaban J connectivity index is 1.60. The molecule has 4 heteroatoms. The summed E-state index contributed by atoms with van der Waals surface area (Å²) in [6.07, 6.45) is 3.22. The SMILES string of the molecule is COc1ccc(C(=O)C2CCN([C@H]3CCNC3)CC2)cc1C. The Hall–Kier alpha value is -1.39. The van der Waals surface area contributed by atoms with Crippen molar-refractivity contribution in [1.82, 2.24) is 10.2 Å². The van der Waals surface area contributed by atoms with Crippen molar-refractivity contribution in [2.45, 2.75) is 32.2 Å². The highest BCUT2D eigenvalue weighted by atomic mass is 16.5. The van der Waals surface area contributed by atoms with Gasteiger partial charge in [-0.1, -0.05) is 0 Å². The van der Waals surface area contributed by atoms with Crippen LogP contribution >= 0.6 is 0 Å². The maximum absolute atomic E-state index is 12.7. The van der Waals surface area contributed by atoms with Crippen molar-refractivity contribution < 1.29 is 9.53 Å². The highest BCUT2D eigenvalue weighted by molar-refractivity contribution is 5.98. The van der Waals surface area contributed by atoms with Gasteiger partial charge in [-0.15, -0.1) is 0 Å². The van der Waals surface area contributed by atoms with Gasteiger partial charge in [0.2, 0.25) is 0 Å². The van der Waals surface area contributed by atoms with Gasteiger partial charge in [0.25, 0.3) is 0 Å². The maximum atomic E-state index is 12.7. The van der Waals surface area contributed by atoms with Crippen molar-refractivity contribution in [2.24, 2.45) is 5.92 Å². The van der Waals surface area contributed by atoms with Gasteiger partial charge < -0.3 is 10.1 Å². The lowest BCUT2D eigenvalue weighted by Crippen LogP contribution is -2.43. The van der Waals surface area contributed by atoms with E-state index in [0.29, 0.717) is 11.8 Å². The minimum atomic E-state index is 0.179. The van der Waals surface area contributed by atoms with Crippen molar-refractivity contribution >= 4 is 5.78 Å². The van der Waals surface area contributed by atoms with Gasteiger partial charge in [-0.2, -0.15) is 0 Å². The number of carbonyl (C=O) groups is 1. The van der Waals surface area contributed by atoms with Gasteiger partial charge in [0, 0.05) is 24.1 Å². The largest absolute Gasteiger partial charge is 0.496 e. The summed E-state index contributed by atoms with van der Waals surface area (Å²) >= 11 is 0. The molecule has 2 saturated heterocycles. The number of aryl methyl sites for hydroxylation is 1. The molecule has 120 valence electrons. The first-order valence-corrected chi connectivity index (χ1v) is 8.32. The Kier molecular flexibility index (Phi) is 4.79. The molecule has 2 aliphatic heterocycles. The van der Waals surface area contributed by atoms with E-state index in [0.717, 1.165) is 55.9 Å². The molecule has 0 bridgehead atoms. The van der Waals surface area contributed by atoms with Crippen LogP contribution in [0.3, 0.4) is 0 Å². The van der Waals surface area contributed by atoms with Crippen LogP contribution in [0.5, 0.6) is 5.75 Å². The molecule has 0 aliphatic carbocycles. The summed E-state index contributed by atoms with van der Waals surface area (Å²) in [4.78, 5) is 15.3. The Morgan fingerprint density at radius 3 is 2.64 bits per heavy atom. The van der Waals surface area contributed by atoms with Crippen molar-refractivity contribution in [3.05, 3.63) is 29.3 Å². The minimum absolute atomic E-state index is 0.179. The van der Waals surface area contributed by atoms with Crippen LogP contribution in [0.2, 0.25) is 0 Å². The summed E-state index contributed by atoms with van der Waals surface area (Å²) in [5.74, 6) is 1.33. The topological polar surface area (TPSA) is 41.6 Å². The quantitative estimate of drug-likeness (QED) is 0.866. The molecule has 0 radical (unpaired) electrons. The summed E-state index contributed by atoms with van der Waals surface area (Å²) in [7, 11) is 1.66. The van der Waals surface area contributed by atoms with Crippen molar-refractivity contribution in [3.63, 3.8) is 0 Å². The lowest BCUT2D eigenvalue weighted by molar-refractivity contribution is 0.0802. The van der Waals surface area contributed by atoms with Crippen molar-refractivity contribution in [1.29, 1.82) is 0 Å².